The van der Waals surface area contributed by atoms with E-state index in [0.29, 0.717) is 0 Å². The molecule has 0 radical (unpaired) electrons. The number of ether oxygens (including phenoxy) is 1. The quantitative estimate of drug-likeness (QED) is 0.722. The fourth-order valence-electron chi connectivity index (χ4n) is 1.36. The standard InChI is InChI=1S/C11H14O4/c1-4-8-9(7(12)5-6(2)3)10(13)11(14)15-8/h4,6,13H,5H2,1-3H3/b8-4-. The first-order valence-corrected chi connectivity index (χ1v) is 4.82. The highest BCUT2D eigenvalue weighted by Gasteiger charge is 2.33. The van der Waals surface area contributed by atoms with Crippen molar-refractivity contribution in [1.29, 1.82) is 0 Å². The second kappa shape index (κ2) is 4.29. The number of cyclic esters (lactones) is 1. The van der Waals surface area contributed by atoms with Crippen molar-refractivity contribution in [2.75, 3.05) is 0 Å². The number of aliphatic hydroxyl groups is 1. The number of rotatable bonds is 3. The Morgan fingerprint density at radius 1 is 1.53 bits per heavy atom. The normalized spacial score (nSPS) is 18.9. The molecule has 0 fully saturated rings. The molecule has 0 unspecified atom stereocenters. The van der Waals surface area contributed by atoms with E-state index in [1.165, 1.54) is 6.08 Å². The molecule has 0 amide bonds. The summed E-state index contributed by atoms with van der Waals surface area (Å²) in [6, 6.07) is 0. The molecule has 0 aromatic rings. The van der Waals surface area contributed by atoms with E-state index in [0.717, 1.165) is 0 Å². The maximum Gasteiger partial charge on any atom is 0.379 e. The molecule has 0 aromatic heterocycles. The van der Waals surface area contributed by atoms with Gasteiger partial charge in [0.15, 0.2) is 5.78 Å². The van der Waals surface area contributed by atoms with Gasteiger partial charge in [-0.15, -0.1) is 0 Å². The number of hydrogen-bond donors (Lipinski definition) is 1. The summed E-state index contributed by atoms with van der Waals surface area (Å²) in [5.74, 6) is -1.36. The van der Waals surface area contributed by atoms with Crippen LogP contribution in [-0.4, -0.2) is 16.9 Å². The first kappa shape index (κ1) is 11.5. The summed E-state index contributed by atoms with van der Waals surface area (Å²) in [5, 5.41) is 9.39. The number of hydrogen-bond acceptors (Lipinski definition) is 4. The summed E-state index contributed by atoms with van der Waals surface area (Å²) in [7, 11) is 0. The Balaban J connectivity index is 3.01. The van der Waals surface area contributed by atoms with Gasteiger partial charge in [0, 0.05) is 6.42 Å². The monoisotopic (exact) mass is 210 g/mol. The predicted octanol–water partition coefficient (Wildman–Crippen LogP) is 1.87. The van der Waals surface area contributed by atoms with Crippen molar-refractivity contribution in [2.24, 2.45) is 5.92 Å². The van der Waals surface area contributed by atoms with Crippen molar-refractivity contribution < 1.29 is 19.4 Å². The number of allylic oxidation sites excluding steroid dienone is 2. The van der Waals surface area contributed by atoms with Crippen LogP contribution in [0.15, 0.2) is 23.2 Å². The van der Waals surface area contributed by atoms with E-state index in [1.807, 2.05) is 13.8 Å². The first-order chi connectivity index (χ1) is 6.97. The molecule has 82 valence electrons. The molecular weight excluding hydrogens is 196 g/mol. The Kier molecular flexibility index (Phi) is 3.29. The molecule has 0 bridgehead atoms. The molecule has 1 aliphatic heterocycles. The molecule has 0 aromatic carbocycles. The van der Waals surface area contributed by atoms with E-state index in [1.54, 1.807) is 6.92 Å². The van der Waals surface area contributed by atoms with Crippen molar-refractivity contribution >= 4 is 11.8 Å². The van der Waals surface area contributed by atoms with E-state index < -0.39 is 11.7 Å². The molecule has 1 N–H and O–H groups in total. The van der Waals surface area contributed by atoms with Crippen LogP contribution in [0.25, 0.3) is 0 Å². The minimum atomic E-state index is -0.852. The van der Waals surface area contributed by atoms with Crippen molar-refractivity contribution in [3.8, 4) is 0 Å². The van der Waals surface area contributed by atoms with Crippen LogP contribution in [0.1, 0.15) is 27.2 Å². The average molecular weight is 210 g/mol. The van der Waals surface area contributed by atoms with Crippen LogP contribution in [0.4, 0.5) is 0 Å². The van der Waals surface area contributed by atoms with Gasteiger partial charge in [-0.3, -0.25) is 4.79 Å². The summed E-state index contributed by atoms with van der Waals surface area (Å²) in [4.78, 5) is 22.7. The first-order valence-electron chi connectivity index (χ1n) is 4.82. The maximum atomic E-state index is 11.7. The van der Waals surface area contributed by atoms with Gasteiger partial charge in [0.05, 0.1) is 0 Å². The number of esters is 1. The third-order valence-electron chi connectivity index (χ3n) is 2.01. The minimum Gasteiger partial charge on any atom is -0.501 e. The number of Topliss-reactive ketones (excluding diaryl/α,β-unsaturated/α-hetero) is 1. The third kappa shape index (κ3) is 2.26. The zero-order valence-electron chi connectivity index (χ0n) is 9.03. The van der Waals surface area contributed by atoms with Crippen molar-refractivity contribution in [3.63, 3.8) is 0 Å². The van der Waals surface area contributed by atoms with Crippen LogP contribution < -0.4 is 0 Å². The number of carbonyl (C=O) groups excluding carboxylic acids is 2. The van der Waals surface area contributed by atoms with Gasteiger partial charge in [-0.05, 0) is 18.9 Å². The molecule has 4 nitrogen and oxygen atoms in total. The van der Waals surface area contributed by atoms with Gasteiger partial charge in [0.1, 0.15) is 11.3 Å². The highest BCUT2D eigenvalue weighted by atomic mass is 16.6. The Bertz CT molecular complexity index is 361. The lowest BCUT2D eigenvalue weighted by molar-refractivity contribution is -0.135. The largest absolute Gasteiger partial charge is 0.501 e. The molecule has 0 aliphatic carbocycles. The number of ketones is 1. The molecule has 0 saturated heterocycles. The Labute approximate surface area is 88.2 Å². The van der Waals surface area contributed by atoms with Gasteiger partial charge in [-0.25, -0.2) is 4.79 Å². The lowest BCUT2D eigenvalue weighted by Crippen LogP contribution is -2.08. The van der Waals surface area contributed by atoms with Gasteiger partial charge in [-0.1, -0.05) is 13.8 Å². The Morgan fingerprint density at radius 3 is 2.60 bits per heavy atom. The SMILES string of the molecule is C/C=C1\OC(=O)C(O)=C1C(=O)CC(C)C. The molecule has 0 spiro atoms. The van der Waals surface area contributed by atoms with Crippen LogP contribution in [-0.2, 0) is 14.3 Å². The van der Waals surface area contributed by atoms with Crippen LogP contribution in [0.2, 0.25) is 0 Å². The van der Waals surface area contributed by atoms with E-state index in [9.17, 15) is 14.7 Å². The second-order valence-electron chi connectivity index (χ2n) is 3.79. The molecule has 4 heteroatoms. The fraction of sp³-hybridized carbons (Fsp3) is 0.455. The zero-order valence-corrected chi connectivity index (χ0v) is 9.03. The summed E-state index contributed by atoms with van der Waals surface area (Å²) in [6.07, 6.45) is 1.78. The van der Waals surface area contributed by atoms with Crippen molar-refractivity contribution in [3.05, 3.63) is 23.2 Å². The Morgan fingerprint density at radius 2 is 2.13 bits per heavy atom. The van der Waals surface area contributed by atoms with Gasteiger partial charge >= 0.3 is 5.97 Å². The maximum absolute atomic E-state index is 11.7. The lowest BCUT2D eigenvalue weighted by atomic mass is 10.00. The third-order valence-corrected chi connectivity index (χ3v) is 2.01. The second-order valence-corrected chi connectivity index (χ2v) is 3.79. The fourth-order valence-corrected chi connectivity index (χ4v) is 1.36. The molecule has 1 heterocycles. The van der Waals surface area contributed by atoms with E-state index in [-0.39, 0.29) is 29.5 Å². The molecule has 1 aliphatic rings. The van der Waals surface area contributed by atoms with Crippen LogP contribution in [0, 0.1) is 5.92 Å². The summed E-state index contributed by atoms with van der Waals surface area (Å²) >= 11 is 0. The Hall–Kier alpha value is -1.58. The molecule has 1 rings (SSSR count). The van der Waals surface area contributed by atoms with E-state index in [2.05, 4.69) is 0 Å². The highest BCUT2D eigenvalue weighted by Crippen LogP contribution is 2.27. The topological polar surface area (TPSA) is 63.6 Å². The molecule has 0 atom stereocenters. The van der Waals surface area contributed by atoms with Gasteiger partial charge in [0.2, 0.25) is 5.76 Å². The molecule has 0 saturated carbocycles. The minimum absolute atomic E-state index is 0.0104. The van der Waals surface area contributed by atoms with Gasteiger partial charge in [0.25, 0.3) is 0 Å². The van der Waals surface area contributed by atoms with Gasteiger partial charge < -0.3 is 9.84 Å². The molecule has 15 heavy (non-hydrogen) atoms. The highest BCUT2D eigenvalue weighted by molar-refractivity contribution is 6.09. The summed E-state index contributed by atoms with van der Waals surface area (Å²) in [5.41, 5.74) is 0.0104. The predicted molar refractivity (Wildman–Crippen MR) is 54.0 cm³/mol. The van der Waals surface area contributed by atoms with E-state index >= 15 is 0 Å². The summed E-state index contributed by atoms with van der Waals surface area (Å²) in [6.45, 7) is 5.43. The van der Waals surface area contributed by atoms with Gasteiger partial charge in [-0.2, -0.15) is 0 Å². The smallest absolute Gasteiger partial charge is 0.379 e. The lowest BCUT2D eigenvalue weighted by Gasteiger charge is -2.04. The molecular formula is C11H14O4. The van der Waals surface area contributed by atoms with E-state index in [4.69, 9.17) is 4.74 Å². The number of carbonyl (C=O) groups is 2. The summed E-state index contributed by atoms with van der Waals surface area (Å²) < 4.78 is 4.72. The van der Waals surface area contributed by atoms with Crippen molar-refractivity contribution in [2.45, 2.75) is 27.2 Å². The van der Waals surface area contributed by atoms with Crippen LogP contribution in [0.3, 0.4) is 0 Å². The zero-order chi connectivity index (χ0) is 11.6. The number of aliphatic hydroxyl groups excluding tert-OH is 1. The average Bonchev–Trinajstić information content (AvgIpc) is 2.41. The van der Waals surface area contributed by atoms with Crippen LogP contribution >= 0.6 is 0 Å². The van der Waals surface area contributed by atoms with Crippen LogP contribution in [0.5, 0.6) is 0 Å². The van der Waals surface area contributed by atoms with Crippen molar-refractivity contribution in [1.82, 2.24) is 0 Å².